The largest absolute Gasteiger partial charge is 0.355 e. The number of carbonyl (C=O) groups excluding carboxylic acids is 1. The lowest BCUT2D eigenvalue weighted by atomic mass is 10.3. The fraction of sp³-hybridized carbons (Fsp3) is 0.438. The molecule has 0 radical (unpaired) electrons. The first-order chi connectivity index (χ1) is 12.2. The van der Waals surface area contributed by atoms with Crippen molar-refractivity contribution in [2.24, 2.45) is 4.99 Å². The number of guanidine groups is 1. The first-order valence-electron chi connectivity index (χ1n) is 8.24. The standard InChI is InChI=1S/C16H24N8O.HI/c1-3-14-23-22-12-24(14)10-9-21-16(17-2)20-8-7-19-15(25)13-5-4-6-18-11-13;/h4-6,11-12H,3,7-10H2,1-2H3,(H,19,25)(H2,17,20,21);1H. The number of pyridine rings is 1. The molecule has 9 nitrogen and oxygen atoms in total. The summed E-state index contributed by atoms with van der Waals surface area (Å²) in [6.07, 6.45) is 5.75. The third-order valence-electron chi connectivity index (χ3n) is 3.51. The van der Waals surface area contributed by atoms with E-state index in [4.69, 9.17) is 0 Å². The van der Waals surface area contributed by atoms with Crippen LogP contribution in [0.2, 0.25) is 0 Å². The van der Waals surface area contributed by atoms with Gasteiger partial charge in [0.15, 0.2) is 5.96 Å². The number of rotatable bonds is 8. The molecule has 2 rings (SSSR count). The molecular formula is C16H25IN8O. The Bertz CT molecular complexity index is 689. The summed E-state index contributed by atoms with van der Waals surface area (Å²) in [5, 5.41) is 17.2. The second kappa shape index (κ2) is 12.2. The molecule has 0 saturated carbocycles. The van der Waals surface area contributed by atoms with Gasteiger partial charge in [0.05, 0.1) is 5.56 Å². The summed E-state index contributed by atoms with van der Waals surface area (Å²) in [4.78, 5) is 20.0. The number of aromatic nitrogens is 4. The Hall–Kier alpha value is -2.24. The Morgan fingerprint density at radius 1 is 1.23 bits per heavy atom. The van der Waals surface area contributed by atoms with Crippen molar-refractivity contribution in [3.8, 4) is 0 Å². The van der Waals surface area contributed by atoms with Crippen molar-refractivity contribution in [2.45, 2.75) is 19.9 Å². The molecule has 0 fully saturated rings. The van der Waals surface area contributed by atoms with Gasteiger partial charge in [-0.1, -0.05) is 6.92 Å². The van der Waals surface area contributed by atoms with Crippen LogP contribution in [0.15, 0.2) is 35.8 Å². The Kier molecular flexibility index (Phi) is 10.2. The molecule has 0 spiro atoms. The minimum Gasteiger partial charge on any atom is -0.355 e. The fourth-order valence-corrected chi connectivity index (χ4v) is 2.21. The lowest BCUT2D eigenvalue weighted by Gasteiger charge is -2.13. The zero-order valence-corrected chi connectivity index (χ0v) is 17.3. The molecule has 0 atom stereocenters. The Morgan fingerprint density at radius 2 is 2.00 bits per heavy atom. The van der Waals surface area contributed by atoms with Gasteiger partial charge in [-0.15, -0.1) is 34.2 Å². The number of halogens is 1. The van der Waals surface area contributed by atoms with Crippen molar-refractivity contribution in [3.05, 3.63) is 42.2 Å². The van der Waals surface area contributed by atoms with Crippen LogP contribution in [0.3, 0.4) is 0 Å². The van der Waals surface area contributed by atoms with Crippen LogP contribution in [0.5, 0.6) is 0 Å². The molecule has 142 valence electrons. The number of amides is 1. The van der Waals surface area contributed by atoms with Crippen LogP contribution < -0.4 is 16.0 Å². The summed E-state index contributed by atoms with van der Waals surface area (Å²) in [6, 6.07) is 3.46. The molecule has 0 aliphatic rings. The topological polar surface area (TPSA) is 109 Å². The predicted molar refractivity (Wildman–Crippen MR) is 111 cm³/mol. The highest BCUT2D eigenvalue weighted by Crippen LogP contribution is 1.95. The predicted octanol–water partition coefficient (Wildman–Crippen LogP) is 0.449. The average Bonchev–Trinajstić information content (AvgIpc) is 3.11. The fourth-order valence-electron chi connectivity index (χ4n) is 2.21. The second-order valence-electron chi connectivity index (χ2n) is 5.22. The number of nitrogens with zero attached hydrogens (tertiary/aromatic N) is 5. The minimum atomic E-state index is -0.141. The van der Waals surface area contributed by atoms with Crippen molar-refractivity contribution in [2.75, 3.05) is 26.7 Å². The van der Waals surface area contributed by atoms with E-state index in [0.717, 1.165) is 18.8 Å². The van der Waals surface area contributed by atoms with E-state index < -0.39 is 0 Å². The summed E-state index contributed by atoms with van der Waals surface area (Å²) in [5.41, 5.74) is 0.547. The highest BCUT2D eigenvalue weighted by molar-refractivity contribution is 14.0. The van der Waals surface area contributed by atoms with Gasteiger partial charge >= 0.3 is 0 Å². The smallest absolute Gasteiger partial charge is 0.252 e. The molecule has 3 N–H and O–H groups in total. The molecule has 0 aliphatic heterocycles. The third kappa shape index (κ3) is 6.94. The molecule has 10 heteroatoms. The first-order valence-corrected chi connectivity index (χ1v) is 8.24. The number of hydrogen-bond acceptors (Lipinski definition) is 5. The van der Waals surface area contributed by atoms with E-state index in [1.165, 1.54) is 0 Å². The Balaban J connectivity index is 0.00000338. The van der Waals surface area contributed by atoms with Crippen LogP contribution in [0, 0.1) is 0 Å². The van der Waals surface area contributed by atoms with E-state index in [1.54, 1.807) is 37.9 Å². The van der Waals surface area contributed by atoms with Crippen molar-refractivity contribution >= 4 is 35.8 Å². The third-order valence-corrected chi connectivity index (χ3v) is 3.51. The molecule has 26 heavy (non-hydrogen) atoms. The van der Waals surface area contributed by atoms with Crippen LogP contribution in [-0.4, -0.2) is 58.3 Å². The second-order valence-corrected chi connectivity index (χ2v) is 5.22. The number of hydrogen-bond donors (Lipinski definition) is 3. The van der Waals surface area contributed by atoms with E-state index in [-0.39, 0.29) is 29.9 Å². The monoisotopic (exact) mass is 472 g/mol. The highest BCUT2D eigenvalue weighted by atomic mass is 127. The van der Waals surface area contributed by atoms with Gasteiger partial charge in [-0.25, -0.2) is 0 Å². The molecule has 0 aromatic carbocycles. The lowest BCUT2D eigenvalue weighted by Crippen LogP contribution is -2.42. The summed E-state index contributed by atoms with van der Waals surface area (Å²) in [6.45, 7) is 4.56. The van der Waals surface area contributed by atoms with Gasteiger partial charge in [0.2, 0.25) is 0 Å². The molecular weight excluding hydrogens is 447 g/mol. The van der Waals surface area contributed by atoms with E-state index in [0.29, 0.717) is 31.2 Å². The normalized spacial score (nSPS) is 10.8. The molecule has 2 aromatic rings. The zero-order valence-electron chi connectivity index (χ0n) is 15.0. The van der Waals surface area contributed by atoms with Gasteiger partial charge in [0, 0.05) is 52.0 Å². The number of aliphatic imine (C=N–C) groups is 1. The molecule has 0 unspecified atom stereocenters. The maximum atomic E-state index is 11.9. The van der Waals surface area contributed by atoms with E-state index in [1.807, 2.05) is 11.5 Å². The molecule has 0 bridgehead atoms. The van der Waals surface area contributed by atoms with Gasteiger partial charge in [-0.3, -0.25) is 14.8 Å². The zero-order chi connectivity index (χ0) is 17.9. The van der Waals surface area contributed by atoms with Crippen molar-refractivity contribution in [1.82, 2.24) is 35.7 Å². The van der Waals surface area contributed by atoms with E-state index in [9.17, 15) is 4.79 Å². The maximum Gasteiger partial charge on any atom is 0.252 e. The number of carbonyl (C=O) groups is 1. The highest BCUT2D eigenvalue weighted by Gasteiger charge is 2.04. The SMILES string of the molecule is CCc1nncn1CCNC(=NC)NCCNC(=O)c1cccnc1.I. The van der Waals surface area contributed by atoms with E-state index >= 15 is 0 Å². The lowest BCUT2D eigenvalue weighted by molar-refractivity contribution is 0.0954. The molecule has 2 heterocycles. The van der Waals surface area contributed by atoms with Gasteiger partial charge < -0.3 is 20.5 Å². The quantitative estimate of drug-likeness (QED) is 0.223. The van der Waals surface area contributed by atoms with Gasteiger partial charge in [-0.05, 0) is 12.1 Å². The number of aryl methyl sites for hydroxylation is 1. The van der Waals surface area contributed by atoms with Gasteiger partial charge in [0.1, 0.15) is 12.2 Å². The maximum absolute atomic E-state index is 11.9. The Morgan fingerprint density at radius 3 is 2.69 bits per heavy atom. The number of nitrogens with one attached hydrogen (secondary N) is 3. The summed E-state index contributed by atoms with van der Waals surface area (Å²) in [7, 11) is 1.71. The van der Waals surface area contributed by atoms with E-state index in [2.05, 4.69) is 36.1 Å². The average molecular weight is 472 g/mol. The molecule has 2 aromatic heterocycles. The van der Waals surface area contributed by atoms with Crippen molar-refractivity contribution in [1.29, 1.82) is 0 Å². The van der Waals surface area contributed by atoms with Crippen LogP contribution >= 0.6 is 24.0 Å². The molecule has 0 saturated heterocycles. The Labute approximate surface area is 170 Å². The molecule has 1 amide bonds. The van der Waals surface area contributed by atoms with Gasteiger partial charge in [0.25, 0.3) is 5.91 Å². The van der Waals surface area contributed by atoms with Crippen LogP contribution in [0.4, 0.5) is 0 Å². The summed E-state index contributed by atoms with van der Waals surface area (Å²) < 4.78 is 2.01. The van der Waals surface area contributed by atoms with Crippen LogP contribution in [-0.2, 0) is 13.0 Å². The van der Waals surface area contributed by atoms with Crippen molar-refractivity contribution < 1.29 is 4.79 Å². The summed E-state index contributed by atoms with van der Waals surface area (Å²) >= 11 is 0. The first kappa shape index (κ1) is 21.8. The van der Waals surface area contributed by atoms with Crippen molar-refractivity contribution in [3.63, 3.8) is 0 Å². The molecule has 0 aliphatic carbocycles. The van der Waals surface area contributed by atoms with Gasteiger partial charge in [-0.2, -0.15) is 0 Å². The van der Waals surface area contributed by atoms with Crippen LogP contribution in [0.1, 0.15) is 23.1 Å². The summed E-state index contributed by atoms with van der Waals surface area (Å²) in [5.74, 6) is 1.50. The van der Waals surface area contributed by atoms with Crippen LogP contribution in [0.25, 0.3) is 0 Å². The minimum absolute atomic E-state index is 0.